The molecule has 0 amide bonds. The van der Waals surface area contributed by atoms with Crippen LogP contribution >= 0.6 is 15.9 Å². The predicted molar refractivity (Wildman–Crippen MR) is 83.6 cm³/mol. The van der Waals surface area contributed by atoms with Gasteiger partial charge in [-0.15, -0.1) is 0 Å². The number of benzene rings is 1. The highest BCUT2D eigenvalue weighted by Gasteiger charge is 2.23. The first-order chi connectivity index (χ1) is 9.46. The maximum atomic E-state index is 11.2. The van der Waals surface area contributed by atoms with E-state index in [2.05, 4.69) is 26.9 Å². The van der Waals surface area contributed by atoms with Crippen molar-refractivity contribution in [2.75, 3.05) is 38.2 Å². The summed E-state index contributed by atoms with van der Waals surface area (Å²) < 4.78 is 29.2. The zero-order valence-electron chi connectivity index (χ0n) is 11.6. The molecular formula is C14H20BrNO3S. The molecule has 0 bridgehead atoms. The van der Waals surface area contributed by atoms with Crippen LogP contribution in [0.3, 0.4) is 0 Å². The second-order valence-electron chi connectivity index (χ2n) is 5.16. The lowest BCUT2D eigenvalue weighted by Gasteiger charge is -2.33. The highest BCUT2D eigenvalue weighted by atomic mass is 79.9. The SMILES string of the molecule is CS(=O)(=O)CCCN1CCOC(c2ccccc2Br)C1. The zero-order valence-corrected chi connectivity index (χ0v) is 14.0. The summed E-state index contributed by atoms with van der Waals surface area (Å²) in [6.45, 7) is 3.17. The summed E-state index contributed by atoms with van der Waals surface area (Å²) >= 11 is 3.55. The fourth-order valence-corrected chi connectivity index (χ4v) is 3.57. The van der Waals surface area contributed by atoms with E-state index in [1.165, 1.54) is 6.26 Å². The van der Waals surface area contributed by atoms with Crippen LogP contribution < -0.4 is 0 Å². The Morgan fingerprint density at radius 1 is 1.40 bits per heavy atom. The van der Waals surface area contributed by atoms with Crippen LogP contribution in [-0.4, -0.2) is 51.6 Å². The molecule has 0 saturated carbocycles. The van der Waals surface area contributed by atoms with Crippen LogP contribution in [0.5, 0.6) is 0 Å². The molecule has 0 spiro atoms. The molecule has 1 heterocycles. The molecule has 20 heavy (non-hydrogen) atoms. The van der Waals surface area contributed by atoms with Gasteiger partial charge >= 0.3 is 0 Å². The van der Waals surface area contributed by atoms with Crippen LogP contribution in [0.1, 0.15) is 18.1 Å². The van der Waals surface area contributed by atoms with Gasteiger partial charge in [-0.1, -0.05) is 34.1 Å². The second kappa shape index (κ2) is 7.02. The zero-order chi connectivity index (χ0) is 14.6. The Hall–Kier alpha value is -0.430. The van der Waals surface area contributed by atoms with Crippen molar-refractivity contribution in [3.8, 4) is 0 Å². The Kier molecular flexibility index (Phi) is 5.60. The van der Waals surface area contributed by atoms with Crippen LogP contribution in [0, 0.1) is 0 Å². The van der Waals surface area contributed by atoms with Gasteiger partial charge in [-0.25, -0.2) is 8.42 Å². The van der Waals surface area contributed by atoms with Gasteiger partial charge < -0.3 is 4.74 Å². The molecule has 0 aromatic heterocycles. The average molecular weight is 362 g/mol. The van der Waals surface area contributed by atoms with Crippen LogP contribution in [0.2, 0.25) is 0 Å². The van der Waals surface area contributed by atoms with Crippen molar-refractivity contribution in [1.29, 1.82) is 0 Å². The summed E-state index contributed by atoms with van der Waals surface area (Å²) in [7, 11) is -2.86. The van der Waals surface area contributed by atoms with Crippen molar-refractivity contribution >= 4 is 25.8 Å². The van der Waals surface area contributed by atoms with E-state index in [9.17, 15) is 8.42 Å². The van der Waals surface area contributed by atoms with Gasteiger partial charge in [0.05, 0.1) is 18.5 Å². The molecule has 0 radical (unpaired) electrons. The van der Waals surface area contributed by atoms with Crippen LogP contribution in [0.4, 0.5) is 0 Å². The lowest BCUT2D eigenvalue weighted by Crippen LogP contribution is -2.39. The highest BCUT2D eigenvalue weighted by molar-refractivity contribution is 9.10. The Labute approximate surface area is 129 Å². The van der Waals surface area contributed by atoms with Crippen LogP contribution in [0.15, 0.2) is 28.7 Å². The van der Waals surface area contributed by atoms with Gasteiger partial charge in [0.15, 0.2) is 0 Å². The number of nitrogens with zero attached hydrogens (tertiary/aromatic N) is 1. The standard InChI is InChI=1S/C14H20BrNO3S/c1-20(17,18)10-4-7-16-8-9-19-14(11-16)12-5-2-3-6-13(12)15/h2-3,5-6,14H,4,7-11H2,1H3. The topological polar surface area (TPSA) is 46.6 Å². The lowest BCUT2D eigenvalue weighted by atomic mass is 10.1. The number of hydrogen-bond donors (Lipinski definition) is 0. The number of halogens is 1. The summed E-state index contributed by atoms with van der Waals surface area (Å²) in [5, 5.41) is 0. The number of ether oxygens (including phenoxy) is 1. The number of hydrogen-bond acceptors (Lipinski definition) is 4. The van der Waals surface area contributed by atoms with Crippen molar-refractivity contribution < 1.29 is 13.2 Å². The quantitative estimate of drug-likeness (QED) is 0.806. The molecule has 0 N–H and O–H groups in total. The van der Waals surface area contributed by atoms with Crippen molar-refractivity contribution in [1.82, 2.24) is 4.90 Å². The number of sulfone groups is 1. The van der Waals surface area contributed by atoms with E-state index >= 15 is 0 Å². The van der Waals surface area contributed by atoms with E-state index in [0.717, 1.165) is 29.7 Å². The summed E-state index contributed by atoms with van der Waals surface area (Å²) in [6.07, 6.45) is 2.02. The summed E-state index contributed by atoms with van der Waals surface area (Å²) in [6, 6.07) is 8.07. The Morgan fingerprint density at radius 3 is 2.85 bits per heavy atom. The largest absolute Gasteiger partial charge is 0.371 e. The molecule has 1 aliphatic rings. The predicted octanol–water partition coefficient (Wildman–Crippen LogP) is 2.26. The van der Waals surface area contributed by atoms with Gasteiger partial charge in [0, 0.05) is 23.8 Å². The number of morpholine rings is 1. The van der Waals surface area contributed by atoms with E-state index < -0.39 is 9.84 Å². The van der Waals surface area contributed by atoms with Gasteiger partial charge in [0.2, 0.25) is 0 Å². The molecule has 4 nitrogen and oxygen atoms in total. The molecule has 1 aliphatic heterocycles. The molecule has 0 aliphatic carbocycles. The molecule has 1 fully saturated rings. The minimum absolute atomic E-state index is 0.0533. The first-order valence-corrected chi connectivity index (χ1v) is 9.57. The third kappa shape index (κ3) is 4.84. The molecular weight excluding hydrogens is 342 g/mol. The van der Waals surface area contributed by atoms with Crippen LogP contribution in [-0.2, 0) is 14.6 Å². The fraction of sp³-hybridized carbons (Fsp3) is 0.571. The van der Waals surface area contributed by atoms with Gasteiger partial charge in [-0.2, -0.15) is 0 Å². The maximum Gasteiger partial charge on any atom is 0.147 e. The molecule has 1 aromatic rings. The van der Waals surface area contributed by atoms with Gasteiger partial charge in [-0.05, 0) is 24.6 Å². The molecule has 1 saturated heterocycles. The lowest BCUT2D eigenvalue weighted by molar-refractivity contribution is -0.0301. The van der Waals surface area contributed by atoms with E-state index in [-0.39, 0.29) is 11.9 Å². The first-order valence-electron chi connectivity index (χ1n) is 6.72. The molecule has 1 unspecified atom stereocenters. The normalized spacial score (nSPS) is 21.0. The van der Waals surface area contributed by atoms with Gasteiger partial charge in [0.1, 0.15) is 9.84 Å². The highest BCUT2D eigenvalue weighted by Crippen LogP contribution is 2.28. The third-order valence-corrected chi connectivity index (χ3v) is 5.14. The smallest absolute Gasteiger partial charge is 0.147 e. The molecule has 1 atom stereocenters. The summed E-state index contributed by atoms with van der Waals surface area (Å²) in [5.41, 5.74) is 1.15. The fourth-order valence-electron chi connectivity index (χ4n) is 2.38. The van der Waals surface area contributed by atoms with E-state index in [4.69, 9.17) is 4.74 Å². The summed E-state index contributed by atoms with van der Waals surface area (Å²) in [4.78, 5) is 2.28. The van der Waals surface area contributed by atoms with E-state index in [1.807, 2.05) is 18.2 Å². The molecule has 2 rings (SSSR count). The van der Waals surface area contributed by atoms with Crippen molar-refractivity contribution in [2.24, 2.45) is 0 Å². The Bertz CT molecular complexity index is 547. The Morgan fingerprint density at radius 2 is 2.15 bits per heavy atom. The average Bonchev–Trinajstić information content (AvgIpc) is 2.38. The molecule has 112 valence electrons. The number of rotatable bonds is 5. The van der Waals surface area contributed by atoms with Crippen molar-refractivity contribution in [3.63, 3.8) is 0 Å². The van der Waals surface area contributed by atoms with Crippen molar-refractivity contribution in [3.05, 3.63) is 34.3 Å². The minimum Gasteiger partial charge on any atom is -0.371 e. The molecule has 1 aromatic carbocycles. The van der Waals surface area contributed by atoms with E-state index in [1.54, 1.807) is 0 Å². The molecule has 6 heteroatoms. The van der Waals surface area contributed by atoms with Crippen molar-refractivity contribution in [2.45, 2.75) is 12.5 Å². The first kappa shape index (κ1) is 15.9. The maximum absolute atomic E-state index is 11.2. The minimum atomic E-state index is -2.86. The third-order valence-electron chi connectivity index (χ3n) is 3.39. The van der Waals surface area contributed by atoms with Crippen LogP contribution in [0.25, 0.3) is 0 Å². The van der Waals surface area contributed by atoms with Gasteiger partial charge in [0.25, 0.3) is 0 Å². The monoisotopic (exact) mass is 361 g/mol. The van der Waals surface area contributed by atoms with Gasteiger partial charge in [-0.3, -0.25) is 4.90 Å². The Balaban J connectivity index is 1.90. The summed E-state index contributed by atoms with van der Waals surface area (Å²) in [5.74, 6) is 0.254. The second-order valence-corrected chi connectivity index (χ2v) is 8.28. The van der Waals surface area contributed by atoms with E-state index in [0.29, 0.717) is 13.0 Å².